The lowest BCUT2D eigenvalue weighted by Crippen LogP contribution is -2.53. The van der Waals surface area contributed by atoms with Crippen LogP contribution in [0, 0.1) is 0 Å². The maximum Gasteiger partial charge on any atom is 0.231 e. The lowest BCUT2D eigenvalue weighted by atomic mass is 10.1. The average Bonchev–Trinajstić information content (AvgIpc) is 3.43. The Hall–Kier alpha value is -1.98. The van der Waals surface area contributed by atoms with Gasteiger partial charge in [-0.2, -0.15) is 0 Å². The van der Waals surface area contributed by atoms with E-state index in [1.54, 1.807) is 6.26 Å². The third-order valence-corrected chi connectivity index (χ3v) is 5.68. The van der Waals surface area contributed by atoms with Crippen LogP contribution in [0.15, 0.2) is 46.0 Å². The molecule has 1 aromatic carbocycles. The van der Waals surface area contributed by atoms with Crippen molar-refractivity contribution in [3.63, 3.8) is 0 Å². The number of nitrogens with zero attached hydrogens (tertiary/aromatic N) is 4. The van der Waals surface area contributed by atoms with Crippen molar-refractivity contribution in [2.24, 2.45) is 4.99 Å². The lowest BCUT2D eigenvalue weighted by Gasteiger charge is -2.37. The second kappa shape index (κ2) is 11.1. The topological polar surface area (TPSA) is 65.7 Å². The second-order valence-electron chi connectivity index (χ2n) is 7.87. The van der Waals surface area contributed by atoms with Crippen LogP contribution >= 0.6 is 24.0 Å². The molecule has 1 saturated heterocycles. The summed E-state index contributed by atoms with van der Waals surface area (Å²) in [6, 6.07) is 10.3. The van der Waals surface area contributed by atoms with Gasteiger partial charge in [-0.15, -0.1) is 24.0 Å². The van der Waals surface area contributed by atoms with Gasteiger partial charge in [0.15, 0.2) is 17.5 Å². The minimum absolute atomic E-state index is 0. The molecule has 170 valence electrons. The smallest absolute Gasteiger partial charge is 0.231 e. The Balaban J connectivity index is 0.00000272. The third-order valence-electron chi connectivity index (χ3n) is 5.68. The van der Waals surface area contributed by atoms with Gasteiger partial charge in [0.25, 0.3) is 0 Å². The van der Waals surface area contributed by atoms with Crippen molar-refractivity contribution in [1.29, 1.82) is 0 Å². The van der Waals surface area contributed by atoms with Gasteiger partial charge in [0.1, 0.15) is 5.76 Å². The largest absolute Gasteiger partial charge is 0.468 e. The average molecular weight is 541 g/mol. The molecule has 1 atom stereocenters. The van der Waals surface area contributed by atoms with Crippen molar-refractivity contribution < 1.29 is 13.9 Å². The number of aliphatic imine (C=N–C) groups is 1. The zero-order valence-corrected chi connectivity index (χ0v) is 20.7. The molecule has 31 heavy (non-hydrogen) atoms. The van der Waals surface area contributed by atoms with Gasteiger partial charge >= 0.3 is 0 Å². The number of rotatable bonds is 6. The molecule has 0 bridgehead atoms. The summed E-state index contributed by atoms with van der Waals surface area (Å²) in [6.07, 6.45) is 1.72. The maximum atomic E-state index is 5.61. The molecule has 1 N–H and O–H groups in total. The molecule has 1 unspecified atom stereocenters. The van der Waals surface area contributed by atoms with Gasteiger partial charge in [-0.05, 0) is 43.9 Å². The van der Waals surface area contributed by atoms with E-state index in [1.807, 2.05) is 25.2 Å². The molecule has 1 aromatic heterocycles. The maximum absolute atomic E-state index is 5.61. The predicted molar refractivity (Wildman–Crippen MR) is 131 cm³/mol. The summed E-state index contributed by atoms with van der Waals surface area (Å²) in [4.78, 5) is 11.5. The predicted octanol–water partition coefficient (Wildman–Crippen LogP) is 2.62. The Labute approximate surface area is 201 Å². The highest BCUT2D eigenvalue weighted by Crippen LogP contribution is 2.32. The van der Waals surface area contributed by atoms with Gasteiger partial charge in [0.05, 0.1) is 12.3 Å². The third kappa shape index (κ3) is 5.83. The molecule has 2 aromatic rings. The molecule has 1 fully saturated rings. The molecular formula is C22H32IN5O3. The number of nitrogens with one attached hydrogen (secondary N) is 1. The zero-order valence-electron chi connectivity index (χ0n) is 18.4. The Kier molecular flexibility index (Phi) is 8.44. The molecule has 9 heteroatoms. The second-order valence-corrected chi connectivity index (χ2v) is 7.87. The minimum Gasteiger partial charge on any atom is -0.468 e. The summed E-state index contributed by atoms with van der Waals surface area (Å²) in [6.45, 7) is 5.84. The molecule has 0 aliphatic carbocycles. The Morgan fingerprint density at radius 1 is 1.13 bits per heavy atom. The summed E-state index contributed by atoms with van der Waals surface area (Å²) in [5.41, 5.74) is 1.25. The SMILES string of the molecule is CN=C(NCC(c1ccco1)N(C)C)N1CCN(Cc2ccc3c(c2)OCO3)CC1.I. The van der Waals surface area contributed by atoms with Crippen molar-refractivity contribution in [2.75, 3.05) is 60.7 Å². The van der Waals surface area contributed by atoms with Crippen LogP contribution in [0.4, 0.5) is 0 Å². The highest BCUT2D eigenvalue weighted by molar-refractivity contribution is 14.0. The number of halogens is 1. The first-order valence-electron chi connectivity index (χ1n) is 10.4. The van der Waals surface area contributed by atoms with Crippen molar-refractivity contribution in [2.45, 2.75) is 12.6 Å². The molecule has 0 radical (unpaired) electrons. The first-order chi connectivity index (χ1) is 14.6. The van der Waals surface area contributed by atoms with Crippen LogP contribution in [-0.2, 0) is 6.54 Å². The van der Waals surface area contributed by atoms with E-state index in [1.165, 1.54) is 5.56 Å². The number of hydrogen-bond donors (Lipinski definition) is 1. The van der Waals surface area contributed by atoms with Gasteiger partial charge in [0.2, 0.25) is 6.79 Å². The molecular weight excluding hydrogens is 509 g/mol. The van der Waals surface area contributed by atoms with Crippen molar-refractivity contribution in [3.05, 3.63) is 47.9 Å². The molecule has 0 spiro atoms. The summed E-state index contributed by atoms with van der Waals surface area (Å²) < 4.78 is 16.5. The first-order valence-corrected chi connectivity index (χ1v) is 10.4. The van der Waals surface area contributed by atoms with E-state index in [0.29, 0.717) is 6.79 Å². The highest BCUT2D eigenvalue weighted by Gasteiger charge is 2.23. The fourth-order valence-electron chi connectivity index (χ4n) is 3.95. The standard InChI is InChI=1S/C22H31N5O3.HI/c1-23-22(24-14-18(25(2)3)19-5-4-12-28-19)27-10-8-26(9-11-27)15-17-6-7-20-21(13-17)30-16-29-20;/h4-7,12-13,18H,8-11,14-16H2,1-3H3,(H,23,24);1H. The summed E-state index contributed by atoms with van der Waals surface area (Å²) in [7, 11) is 5.97. The van der Waals surface area contributed by atoms with E-state index < -0.39 is 0 Å². The van der Waals surface area contributed by atoms with E-state index >= 15 is 0 Å². The van der Waals surface area contributed by atoms with E-state index in [9.17, 15) is 0 Å². The Bertz CT molecular complexity index is 851. The summed E-state index contributed by atoms with van der Waals surface area (Å²) >= 11 is 0. The molecule has 2 aliphatic rings. The molecule has 0 amide bonds. The van der Waals surface area contributed by atoms with E-state index in [-0.39, 0.29) is 30.0 Å². The zero-order chi connectivity index (χ0) is 20.9. The number of ether oxygens (including phenoxy) is 2. The Morgan fingerprint density at radius 2 is 1.90 bits per heavy atom. The van der Waals surface area contributed by atoms with Crippen molar-refractivity contribution in [3.8, 4) is 11.5 Å². The van der Waals surface area contributed by atoms with Crippen LogP contribution in [0.5, 0.6) is 11.5 Å². The number of guanidine groups is 1. The number of benzene rings is 1. The van der Waals surface area contributed by atoms with Gasteiger partial charge in [-0.1, -0.05) is 6.07 Å². The van der Waals surface area contributed by atoms with E-state index in [4.69, 9.17) is 13.9 Å². The van der Waals surface area contributed by atoms with Crippen LogP contribution in [0.25, 0.3) is 0 Å². The minimum atomic E-state index is 0. The number of piperazine rings is 1. The van der Waals surface area contributed by atoms with Crippen LogP contribution in [0.2, 0.25) is 0 Å². The van der Waals surface area contributed by atoms with E-state index in [0.717, 1.165) is 62.5 Å². The van der Waals surface area contributed by atoms with Crippen LogP contribution < -0.4 is 14.8 Å². The molecule has 8 nitrogen and oxygen atoms in total. The fourth-order valence-corrected chi connectivity index (χ4v) is 3.95. The van der Waals surface area contributed by atoms with Gasteiger partial charge < -0.3 is 24.1 Å². The van der Waals surface area contributed by atoms with Crippen LogP contribution in [0.1, 0.15) is 17.4 Å². The number of hydrogen-bond acceptors (Lipinski definition) is 6. The normalized spacial score (nSPS) is 17.5. The monoisotopic (exact) mass is 541 g/mol. The van der Waals surface area contributed by atoms with Crippen LogP contribution in [0.3, 0.4) is 0 Å². The Morgan fingerprint density at radius 3 is 2.58 bits per heavy atom. The van der Waals surface area contributed by atoms with E-state index in [2.05, 4.69) is 51.2 Å². The molecule has 0 saturated carbocycles. The summed E-state index contributed by atoms with van der Waals surface area (Å²) in [5.74, 6) is 3.58. The van der Waals surface area contributed by atoms with Gasteiger partial charge in [-0.3, -0.25) is 14.8 Å². The van der Waals surface area contributed by atoms with Crippen molar-refractivity contribution in [1.82, 2.24) is 20.0 Å². The fraction of sp³-hybridized carbons (Fsp3) is 0.500. The van der Waals surface area contributed by atoms with Gasteiger partial charge in [0, 0.05) is 46.3 Å². The number of likely N-dealkylation sites (N-methyl/N-ethyl adjacent to an activating group) is 1. The quantitative estimate of drug-likeness (QED) is 0.343. The number of furan rings is 1. The molecule has 4 rings (SSSR count). The number of fused-ring (bicyclic) bond motifs is 1. The molecule has 2 aliphatic heterocycles. The van der Waals surface area contributed by atoms with Crippen LogP contribution in [-0.4, -0.2) is 81.3 Å². The lowest BCUT2D eigenvalue weighted by molar-refractivity contribution is 0.170. The highest BCUT2D eigenvalue weighted by atomic mass is 127. The molecule has 3 heterocycles. The van der Waals surface area contributed by atoms with Crippen molar-refractivity contribution >= 4 is 29.9 Å². The summed E-state index contributed by atoms with van der Waals surface area (Å²) in [5, 5.41) is 3.53. The van der Waals surface area contributed by atoms with Gasteiger partial charge in [-0.25, -0.2) is 0 Å². The first kappa shape index (κ1) is 23.7.